The Morgan fingerprint density at radius 3 is 2.40 bits per heavy atom. The summed E-state index contributed by atoms with van der Waals surface area (Å²) >= 11 is 0. The standard InChI is InChI=1S/C16H15N3O6/c1-4-25-16(20)13-9(2)17-10(3)15(19(23)24)14(13)11-6-5-7-12(8-11)18(21)22/h5-8H,4H2,1-3H3. The fraction of sp³-hybridized carbons (Fsp3) is 0.250. The summed E-state index contributed by atoms with van der Waals surface area (Å²) in [6.07, 6.45) is 0. The van der Waals surface area contributed by atoms with E-state index in [1.807, 2.05) is 0 Å². The first-order chi connectivity index (χ1) is 11.8. The molecule has 0 saturated carbocycles. The van der Waals surface area contributed by atoms with Crippen molar-refractivity contribution in [3.8, 4) is 11.1 Å². The van der Waals surface area contributed by atoms with Gasteiger partial charge in [0.25, 0.3) is 11.4 Å². The van der Waals surface area contributed by atoms with Crippen molar-refractivity contribution in [1.29, 1.82) is 0 Å². The van der Waals surface area contributed by atoms with Crippen molar-refractivity contribution in [2.75, 3.05) is 6.61 Å². The summed E-state index contributed by atoms with van der Waals surface area (Å²) in [5.74, 6) is -0.767. The smallest absolute Gasteiger partial charge is 0.340 e. The molecular weight excluding hydrogens is 330 g/mol. The van der Waals surface area contributed by atoms with E-state index in [9.17, 15) is 25.0 Å². The van der Waals surface area contributed by atoms with Crippen LogP contribution in [0, 0.1) is 34.1 Å². The molecule has 0 aliphatic heterocycles. The van der Waals surface area contributed by atoms with E-state index in [2.05, 4.69) is 4.98 Å². The Bertz CT molecular complexity index is 878. The Morgan fingerprint density at radius 2 is 1.84 bits per heavy atom. The third-order valence-electron chi connectivity index (χ3n) is 3.53. The number of nitro benzene ring substituents is 1. The highest BCUT2D eigenvalue weighted by atomic mass is 16.6. The van der Waals surface area contributed by atoms with Gasteiger partial charge >= 0.3 is 5.97 Å². The number of esters is 1. The second-order valence-electron chi connectivity index (χ2n) is 5.17. The minimum Gasteiger partial charge on any atom is -0.462 e. The lowest BCUT2D eigenvalue weighted by Gasteiger charge is -2.13. The molecule has 9 heteroatoms. The van der Waals surface area contributed by atoms with Crippen molar-refractivity contribution >= 4 is 17.3 Å². The zero-order chi connectivity index (χ0) is 18.7. The number of hydrogen-bond acceptors (Lipinski definition) is 7. The summed E-state index contributed by atoms with van der Waals surface area (Å²) in [4.78, 5) is 37.7. The molecule has 0 aliphatic carbocycles. The van der Waals surface area contributed by atoms with Gasteiger partial charge in [0.05, 0.1) is 33.3 Å². The molecule has 0 atom stereocenters. The number of aromatic nitrogens is 1. The van der Waals surface area contributed by atoms with E-state index in [1.165, 1.54) is 38.1 Å². The first-order valence-corrected chi connectivity index (χ1v) is 7.35. The molecule has 1 aromatic carbocycles. The molecule has 0 N–H and O–H groups in total. The van der Waals surface area contributed by atoms with Gasteiger partial charge in [-0.15, -0.1) is 0 Å². The molecule has 2 rings (SSSR count). The summed E-state index contributed by atoms with van der Waals surface area (Å²) in [7, 11) is 0. The predicted molar refractivity (Wildman–Crippen MR) is 88.4 cm³/mol. The summed E-state index contributed by atoms with van der Waals surface area (Å²) in [6.45, 7) is 4.66. The van der Waals surface area contributed by atoms with Crippen LogP contribution in [0.2, 0.25) is 0 Å². The Hall–Kier alpha value is -3.36. The first-order valence-electron chi connectivity index (χ1n) is 7.35. The number of aryl methyl sites for hydroxylation is 2. The second-order valence-corrected chi connectivity index (χ2v) is 5.17. The van der Waals surface area contributed by atoms with Crippen molar-refractivity contribution in [2.24, 2.45) is 0 Å². The molecule has 0 amide bonds. The largest absolute Gasteiger partial charge is 0.462 e. The van der Waals surface area contributed by atoms with Crippen LogP contribution in [0.1, 0.15) is 28.7 Å². The van der Waals surface area contributed by atoms with E-state index in [1.54, 1.807) is 6.92 Å². The van der Waals surface area contributed by atoms with Gasteiger partial charge in [-0.25, -0.2) is 4.79 Å². The van der Waals surface area contributed by atoms with Crippen molar-refractivity contribution in [2.45, 2.75) is 20.8 Å². The summed E-state index contributed by atoms with van der Waals surface area (Å²) in [5, 5.41) is 22.6. The monoisotopic (exact) mass is 345 g/mol. The lowest BCUT2D eigenvalue weighted by Crippen LogP contribution is -2.13. The lowest BCUT2D eigenvalue weighted by atomic mass is 9.95. The lowest BCUT2D eigenvalue weighted by molar-refractivity contribution is -0.385. The Kier molecular flexibility index (Phi) is 5.06. The molecule has 2 aromatic rings. The topological polar surface area (TPSA) is 125 Å². The van der Waals surface area contributed by atoms with Crippen molar-refractivity contribution < 1.29 is 19.4 Å². The van der Waals surface area contributed by atoms with Gasteiger partial charge in [0.1, 0.15) is 5.69 Å². The molecule has 25 heavy (non-hydrogen) atoms. The molecule has 9 nitrogen and oxygen atoms in total. The number of carbonyl (C=O) groups excluding carboxylic acids is 1. The highest BCUT2D eigenvalue weighted by molar-refractivity contribution is 6.01. The summed E-state index contributed by atoms with van der Waals surface area (Å²) in [5.41, 5.74) is -0.183. The number of pyridine rings is 1. The number of nitro groups is 2. The number of non-ortho nitro benzene ring substituents is 1. The van der Waals surface area contributed by atoms with E-state index in [0.717, 1.165) is 0 Å². The molecule has 0 radical (unpaired) electrons. The van der Waals surface area contributed by atoms with Crippen molar-refractivity contribution in [1.82, 2.24) is 4.98 Å². The van der Waals surface area contributed by atoms with Crippen LogP contribution in [0.3, 0.4) is 0 Å². The molecular formula is C16H15N3O6. The molecule has 0 bridgehead atoms. The van der Waals surface area contributed by atoms with Gasteiger partial charge in [-0.2, -0.15) is 0 Å². The Morgan fingerprint density at radius 1 is 1.16 bits per heavy atom. The summed E-state index contributed by atoms with van der Waals surface area (Å²) in [6, 6.07) is 5.32. The Labute approximate surface area is 142 Å². The zero-order valence-electron chi connectivity index (χ0n) is 13.8. The average Bonchev–Trinajstić information content (AvgIpc) is 2.53. The van der Waals surface area contributed by atoms with Crippen molar-refractivity contribution in [3.05, 3.63) is 61.4 Å². The number of hydrogen-bond donors (Lipinski definition) is 0. The molecule has 0 unspecified atom stereocenters. The van der Waals surface area contributed by atoms with Gasteiger partial charge in [-0.05, 0) is 26.3 Å². The molecule has 1 heterocycles. The quantitative estimate of drug-likeness (QED) is 0.462. The third kappa shape index (κ3) is 3.44. The molecule has 1 aromatic heterocycles. The maximum Gasteiger partial charge on any atom is 0.340 e. The SMILES string of the molecule is CCOC(=O)c1c(C)nc(C)c([N+](=O)[O-])c1-c1cccc([N+](=O)[O-])c1. The fourth-order valence-electron chi connectivity index (χ4n) is 2.57. The average molecular weight is 345 g/mol. The van der Waals surface area contributed by atoms with Crippen LogP contribution in [0.4, 0.5) is 11.4 Å². The van der Waals surface area contributed by atoms with E-state index < -0.39 is 15.8 Å². The van der Waals surface area contributed by atoms with Gasteiger partial charge in [-0.3, -0.25) is 25.2 Å². The maximum absolute atomic E-state index is 12.3. The van der Waals surface area contributed by atoms with Crippen LogP contribution >= 0.6 is 0 Å². The molecule has 130 valence electrons. The fourth-order valence-corrected chi connectivity index (χ4v) is 2.57. The minimum atomic E-state index is -0.767. The number of carbonyl (C=O) groups is 1. The summed E-state index contributed by atoms with van der Waals surface area (Å²) < 4.78 is 4.99. The normalized spacial score (nSPS) is 10.4. The van der Waals surface area contributed by atoms with E-state index in [0.29, 0.717) is 0 Å². The van der Waals surface area contributed by atoms with Crippen LogP contribution in [0.5, 0.6) is 0 Å². The van der Waals surface area contributed by atoms with Crippen LogP contribution in [-0.4, -0.2) is 27.4 Å². The second kappa shape index (κ2) is 7.04. The highest BCUT2D eigenvalue weighted by Crippen LogP contribution is 2.38. The third-order valence-corrected chi connectivity index (χ3v) is 3.53. The van der Waals surface area contributed by atoms with Gasteiger partial charge in [0.15, 0.2) is 0 Å². The minimum absolute atomic E-state index is 0.0304. The van der Waals surface area contributed by atoms with Crippen LogP contribution in [-0.2, 0) is 4.74 Å². The van der Waals surface area contributed by atoms with Crippen LogP contribution < -0.4 is 0 Å². The number of nitrogens with zero attached hydrogens (tertiary/aromatic N) is 3. The van der Waals surface area contributed by atoms with Crippen LogP contribution in [0.25, 0.3) is 11.1 Å². The molecule has 0 aliphatic rings. The van der Waals surface area contributed by atoms with E-state index in [-0.39, 0.29) is 46.1 Å². The van der Waals surface area contributed by atoms with E-state index >= 15 is 0 Å². The van der Waals surface area contributed by atoms with E-state index in [4.69, 9.17) is 4.74 Å². The molecule has 0 saturated heterocycles. The van der Waals surface area contributed by atoms with Gasteiger partial charge < -0.3 is 4.74 Å². The van der Waals surface area contributed by atoms with Gasteiger partial charge in [-0.1, -0.05) is 12.1 Å². The number of ether oxygens (including phenoxy) is 1. The highest BCUT2D eigenvalue weighted by Gasteiger charge is 2.30. The molecule has 0 spiro atoms. The van der Waals surface area contributed by atoms with Gasteiger partial charge in [0, 0.05) is 12.1 Å². The maximum atomic E-state index is 12.3. The molecule has 0 fully saturated rings. The van der Waals surface area contributed by atoms with Gasteiger partial charge in [0.2, 0.25) is 0 Å². The Balaban J connectivity index is 2.89. The predicted octanol–water partition coefficient (Wildman–Crippen LogP) is 3.36. The number of rotatable bonds is 5. The number of benzene rings is 1. The zero-order valence-corrected chi connectivity index (χ0v) is 13.8. The first kappa shape index (κ1) is 18.0. The van der Waals surface area contributed by atoms with Crippen molar-refractivity contribution in [3.63, 3.8) is 0 Å². The van der Waals surface area contributed by atoms with Crippen LogP contribution in [0.15, 0.2) is 24.3 Å².